The summed E-state index contributed by atoms with van der Waals surface area (Å²) in [6.07, 6.45) is 3.65. The summed E-state index contributed by atoms with van der Waals surface area (Å²) in [7, 11) is 0. The maximum atomic E-state index is 14.4. The van der Waals surface area contributed by atoms with Gasteiger partial charge >= 0.3 is 0 Å². The van der Waals surface area contributed by atoms with Crippen LogP contribution in [0.1, 0.15) is 87.5 Å². The Balaban J connectivity index is 5.13. The van der Waals surface area contributed by atoms with Gasteiger partial charge in [0.1, 0.15) is 5.67 Å². The average Bonchev–Trinajstić information content (AvgIpc) is 2.33. The van der Waals surface area contributed by atoms with E-state index < -0.39 is 11.2 Å². The highest BCUT2D eigenvalue weighted by atomic mass is 35.5. The van der Waals surface area contributed by atoms with E-state index in [1.165, 1.54) is 0 Å². The summed E-state index contributed by atoms with van der Waals surface area (Å²) < 4.78 is 14.4. The fourth-order valence-electron chi connectivity index (χ4n) is 2.65. The minimum absolute atomic E-state index is 0.245. The molecule has 0 fully saturated rings. The van der Waals surface area contributed by atoms with Crippen LogP contribution in [0.25, 0.3) is 0 Å². The Bertz CT molecular complexity index is 320. The van der Waals surface area contributed by atoms with Crippen molar-refractivity contribution >= 4 is 11.6 Å². The zero-order valence-electron chi connectivity index (χ0n) is 15.4. The van der Waals surface area contributed by atoms with E-state index in [0.717, 1.165) is 19.3 Å². The smallest absolute Gasteiger partial charge is 0.109 e. The average molecular weight is 322 g/mol. The Hall–Kier alpha value is 0.180. The van der Waals surface area contributed by atoms with Crippen LogP contribution >= 0.6 is 11.6 Å². The molecule has 0 saturated carbocycles. The summed E-state index contributed by atoms with van der Waals surface area (Å²) in [5, 5.41) is -0.257. The van der Waals surface area contributed by atoms with Gasteiger partial charge in [-0.2, -0.15) is 0 Å². The van der Waals surface area contributed by atoms with Crippen molar-refractivity contribution in [3.05, 3.63) is 0 Å². The molecule has 0 aliphatic rings. The molecular formula is C18H37ClFN. The molecule has 2 N–H and O–H groups in total. The molecule has 3 heteroatoms. The molecule has 0 aliphatic carbocycles. The van der Waals surface area contributed by atoms with Crippen LogP contribution in [0, 0.1) is 10.8 Å². The van der Waals surface area contributed by atoms with E-state index >= 15 is 0 Å². The molecular weight excluding hydrogens is 285 g/mol. The molecule has 0 rings (SSSR count). The van der Waals surface area contributed by atoms with E-state index in [-0.39, 0.29) is 16.2 Å². The first-order chi connectivity index (χ1) is 9.21. The monoisotopic (exact) mass is 321 g/mol. The van der Waals surface area contributed by atoms with Crippen LogP contribution in [0.2, 0.25) is 0 Å². The number of hydrogen-bond donors (Lipinski definition) is 1. The van der Waals surface area contributed by atoms with Crippen LogP contribution in [0.3, 0.4) is 0 Å². The SMILES string of the molecule is CCC(C)(F)CC(Cl)C(C)(CC)C(C)(N)CCC(C)(C)C. The lowest BCUT2D eigenvalue weighted by Crippen LogP contribution is -2.57. The van der Waals surface area contributed by atoms with Gasteiger partial charge in [0.25, 0.3) is 0 Å². The third kappa shape index (κ3) is 6.06. The van der Waals surface area contributed by atoms with Crippen LogP contribution in [-0.4, -0.2) is 16.6 Å². The maximum absolute atomic E-state index is 14.4. The van der Waals surface area contributed by atoms with Crippen LogP contribution in [-0.2, 0) is 0 Å². The zero-order valence-corrected chi connectivity index (χ0v) is 16.2. The molecule has 0 bridgehead atoms. The zero-order chi connectivity index (χ0) is 17.1. The lowest BCUT2D eigenvalue weighted by molar-refractivity contribution is 0.0791. The van der Waals surface area contributed by atoms with Crippen molar-refractivity contribution in [1.82, 2.24) is 0 Å². The minimum Gasteiger partial charge on any atom is -0.325 e. The van der Waals surface area contributed by atoms with Crippen molar-refractivity contribution in [3.8, 4) is 0 Å². The molecule has 21 heavy (non-hydrogen) atoms. The molecule has 0 aliphatic heterocycles. The van der Waals surface area contributed by atoms with E-state index in [1.807, 2.05) is 6.92 Å². The van der Waals surface area contributed by atoms with Crippen LogP contribution in [0.4, 0.5) is 4.39 Å². The summed E-state index contributed by atoms with van der Waals surface area (Å²) in [4.78, 5) is 0. The first-order valence-corrected chi connectivity index (χ1v) is 8.76. The van der Waals surface area contributed by atoms with Crippen LogP contribution < -0.4 is 5.73 Å². The predicted molar refractivity (Wildman–Crippen MR) is 93.7 cm³/mol. The van der Waals surface area contributed by atoms with Crippen molar-refractivity contribution in [3.63, 3.8) is 0 Å². The van der Waals surface area contributed by atoms with Gasteiger partial charge in [-0.25, -0.2) is 4.39 Å². The normalized spacial score (nSPS) is 23.0. The third-order valence-corrected chi connectivity index (χ3v) is 6.10. The second kappa shape index (κ2) is 7.17. The molecule has 0 aromatic carbocycles. The molecule has 0 amide bonds. The maximum Gasteiger partial charge on any atom is 0.109 e. The molecule has 128 valence electrons. The number of nitrogens with two attached hydrogens (primary N) is 1. The second-order valence-corrected chi connectivity index (χ2v) is 9.21. The lowest BCUT2D eigenvalue weighted by atomic mass is 9.63. The van der Waals surface area contributed by atoms with Gasteiger partial charge in [-0.05, 0) is 51.4 Å². The van der Waals surface area contributed by atoms with E-state index in [9.17, 15) is 4.39 Å². The Morgan fingerprint density at radius 3 is 1.76 bits per heavy atom. The van der Waals surface area contributed by atoms with E-state index in [1.54, 1.807) is 6.92 Å². The third-order valence-electron chi connectivity index (χ3n) is 5.47. The highest BCUT2D eigenvalue weighted by Gasteiger charge is 2.47. The lowest BCUT2D eigenvalue weighted by Gasteiger charge is -2.48. The predicted octanol–water partition coefficient (Wildman–Crippen LogP) is 6.08. The van der Waals surface area contributed by atoms with Gasteiger partial charge in [-0.3, -0.25) is 0 Å². The second-order valence-electron chi connectivity index (χ2n) is 8.69. The van der Waals surface area contributed by atoms with Crippen LogP contribution in [0.15, 0.2) is 0 Å². The molecule has 0 spiro atoms. The fraction of sp³-hybridized carbons (Fsp3) is 1.00. The number of alkyl halides is 2. The van der Waals surface area contributed by atoms with Crippen molar-refractivity contribution < 1.29 is 4.39 Å². The molecule has 4 unspecified atom stereocenters. The van der Waals surface area contributed by atoms with E-state index in [2.05, 4.69) is 41.5 Å². The summed E-state index contributed by atoms with van der Waals surface area (Å²) in [6, 6.07) is 0. The van der Waals surface area contributed by atoms with Crippen molar-refractivity contribution in [2.24, 2.45) is 16.6 Å². The van der Waals surface area contributed by atoms with Gasteiger partial charge in [0.05, 0.1) is 0 Å². The van der Waals surface area contributed by atoms with Gasteiger partial charge in [-0.1, -0.05) is 41.5 Å². The van der Waals surface area contributed by atoms with Crippen molar-refractivity contribution in [2.45, 2.75) is 104 Å². The molecule has 0 aromatic rings. The van der Waals surface area contributed by atoms with Crippen LogP contribution in [0.5, 0.6) is 0 Å². The highest BCUT2D eigenvalue weighted by Crippen LogP contribution is 2.46. The molecule has 0 aromatic heterocycles. The van der Waals surface area contributed by atoms with Gasteiger partial charge < -0.3 is 5.73 Å². The van der Waals surface area contributed by atoms with Gasteiger partial charge in [-0.15, -0.1) is 11.6 Å². The molecule has 0 radical (unpaired) electrons. The van der Waals surface area contributed by atoms with Gasteiger partial charge in [0, 0.05) is 16.3 Å². The van der Waals surface area contributed by atoms with Crippen molar-refractivity contribution in [1.29, 1.82) is 0 Å². The molecule has 0 heterocycles. The number of halogens is 2. The standard InChI is InChI=1S/C18H37ClFN/c1-9-16(6,20)13-14(19)17(7,10-2)18(8,21)12-11-15(3,4)5/h14H,9-13,21H2,1-8H3. The van der Waals surface area contributed by atoms with Gasteiger partial charge in [0.2, 0.25) is 0 Å². The van der Waals surface area contributed by atoms with Crippen molar-refractivity contribution in [2.75, 3.05) is 0 Å². The highest BCUT2D eigenvalue weighted by molar-refractivity contribution is 6.21. The summed E-state index contributed by atoms with van der Waals surface area (Å²) >= 11 is 6.67. The minimum atomic E-state index is -1.22. The fourth-order valence-corrected chi connectivity index (χ4v) is 3.37. The van der Waals surface area contributed by atoms with Gasteiger partial charge in [0.15, 0.2) is 0 Å². The Morgan fingerprint density at radius 2 is 1.43 bits per heavy atom. The summed E-state index contributed by atoms with van der Waals surface area (Å²) in [6.45, 7) is 16.5. The molecule has 0 saturated heterocycles. The molecule has 4 atom stereocenters. The Morgan fingerprint density at radius 1 is 0.952 bits per heavy atom. The first kappa shape index (κ1) is 21.2. The number of hydrogen-bond acceptors (Lipinski definition) is 1. The summed E-state index contributed by atoms with van der Waals surface area (Å²) in [5.74, 6) is 0. The van der Waals surface area contributed by atoms with E-state index in [4.69, 9.17) is 17.3 Å². The Labute approximate surface area is 137 Å². The quantitative estimate of drug-likeness (QED) is 0.538. The topological polar surface area (TPSA) is 26.0 Å². The largest absolute Gasteiger partial charge is 0.325 e. The Kier molecular flexibility index (Phi) is 7.23. The van der Waals surface area contributed by atoms with E-state index in [0.29, 0.717) is 12.8 Å². The summed E-state index contributed by atoms with van der Waals surface area (Å²) in [5.41, 5.74) is 5.02. The first-order valence-electron chi connectivity index (χ1n) is 8.32. The number of rotatable bonds is 8. The molecule has 1 nitrogen and oxygen atoms in total.